The van der Waals surface area contributed by atoms with Crippen LogP contribution in [-0.4, -0.2) is 41.0 Å². The van der Waals surface area contributed by atoms with Crippen LogP contribution >= 0.6 is 0 Å². The summed E-state index contributed by atoms with van der Waals surface area (Å²) in [5.74, 6) is -0.995. The molecule has 7 nitrogen and oxygen atoms in total. The van der Waals surface area contributed by atoms with Crippen LogP contribution in [0, 0.1) is 0 Å². The molecule has 0 aliphatic carbocycles. The number of nitrogens with two attached hydrogens (primary N) is 2. The number of carbonyl (C=O) groups is 1. The minimum Gasteiger partial charge on any atom is -0.480 e. The van der Waals surface area contributed by atoms with Gasteiger partial charge in [0.1, 0.15) is 6.04 Å². The second-order valence-corrected chi connectivity index (χ2v) is 3.51. The first kappa shape index (κ1) is 12.5. The van der Waals surface area contributed by atoms with E-state index in [-0.39, 0.29) is 6.04 Å². The Kier molecular flexibility index (Phi) is 4.74. The highest BCUT2D eigenvalue weighted by Gasteiger charge is 2.19. The van der Waals surface area contributed by atoms with Crippen LogP contribution in [-0.2, 0) is 4.79 Å². The number of hydrazone groups is 1. The predicted octanol–water partition coefficient (Wildman–Crippen LogP) is -1.17. The van der Waals surface area contributed by atoms with Gasteiger partial charge in [-0.1, -0.05) is 0 Å². The van der Waals surface area contributed by atoms with E-state index in [1.165, 1.54) is 0 Å². The summed E-state index contributed by atoms with van der Waals surface area (Å²) in [5.41, 5.74) is 13.9. The first-order valence-electron chi connectivity index (χ1n) is 5.08. The van der Waals surface area contributed by atoms with Gasteiger partial charge in [-0.3, -0.25) is 10.2 Å². The van der Waals surface area contributed by atoms with E-state index in [0.29, 0.717) is 19.4 Å². The third-order valence-corrected chi connectivity index (χ3v) is 2.33. The molecule has 1 aliphatic heterocycles. The third-order valence-electron chi connectivity index (χ3n) is 2.33. The Morgan fingerprint density at radius 3 is 2.81 bits per heavy atom. The summed E-state index contributed by atoms with van der Waals surface area (Å²) in [4.78, 5) is 10.6. The van der Waals surface area contributed by atoms with Crippen molar-refractivity contribution in [1.82, 2.24) is 10.5 Å². The van der Waals surface area contributed by atoms with E-state index in [1.807, 2.05) is 0 Å². The summed E-state index contributed by atoms with van der Waals surface area (Å²) in [7, 11) is 0. The summed E-state index contributed by atoms with van der Waals surface area (Å²) in [6.07, 6.45) is 6.06. The predicted molar refractivity (Wildman–Crippen MR) is 60.3 cm³/mol. The van der Waals surface area contributed by atoms with Crippen molar-refractivity contribution in [1.29, 1.82) is 0 Å². The van der Waals surface area contributed by atoms with Crippen molar-refractivity contribution >= 4 is 12.2 Å². The molecule has 0 fully saturated rings. The molecule has 0 spiro atoms. The zero-order valence-corrected chi connectivity index (χ0v) is 8.91. The Morgan fingerprint density at radius 1 is 1.56 bits per heavy atom. The molecular formula is C9H17N5O2. The average molecular weight is 227 g/mol. The maximum atomic E-state index is 10.6. The summed E-state index contributed by atoms with van der Waals surface area (Å²) >= 11 is 0. The number of hydrogen-bond acceptors (Lipinski definition) is 6. The molecule has 0 bridgehead atoms. The lowest BCUT2D eigenvalue weighted by atomic mass is 10.1. The molecule has 6 N–H and O–H groups in total. The van der Waals surface area contributed by atoms with E-state index in [1.54, 1.807) is 23.6 Å². The van der Waals surface area contributed by atoms with Crippen LogP contribution in [0.25, 0.3) is 0 Å². The average Bonchev–Trinajstić information content (AvgIpc) is 2.30. The smallest absolute Gasteiger partial charge is 0.320 e. The fourth-order valence-corrected chi connectivity index (χ4v) is 1.34. The highest BCUT2D eigenvalue weighted by Crippen LogP contribution is 2.07. The van der Waals surface area contributed by atoms with E-state index >= 15 is 0 Å². The second-order valence-electron chi connectivity index (χ2n) is 3.51. The summed E-state index contributed by atoms with van der Waals surface area (Å²) in [5, 5.41) is 14.3. The molecule has 0 saturated heterocycles. The number of allylic oxidation sites excluding steroid dienone is 1. The molecule has 1 aliphatic rings. The topological polar surface area (TPSA) is 117 Å². The fourth-order valence-electron chi connectivity index (χ4n) is 1.34. The number of hydrogen-bond donors (Lipinski definition) is 4. The van der Waals surface area contributed by atoms with Gasteiger partial charge in [0, 0.05) is 12.7 Å². The molecule has 2 atom stereocenters. The van der Waals surface area contributed by atoms with Gasteiger partial charge in [-0.25, -0.2) is 5.12 Å². The van der Waals surface area contributed by atoms with Crippen LogP contribution in [0.1, 0.15) is 12.8 Å². The van der Waals surface area contributed by atoms with E-state index in [9.17, 15) is 4.79 Å². The zero-order chi connectivity index (χ0) is 12.0. The molecule has 7 heteroatoms. The molecular weight excluding hydrogens is 210 g/mol. The third kappa shape index (κ3) is 3.52. The van der Waals surface area contributed by atoms with Gasteiger partial charge >= 0.3 is 5.97 Å². The molecule has 0 aromatic carbocycles. The van der Waals surface area contributed by atoms with Gasteiger partial charge < -0.3 is 16.6 Å². The Bertz CT molecular complexity index is 292. The lowest BCUT2D eigenvalue weighted by molar-refractivity contribution is -0.138. The molecule has 1 rings (SSSR count). The van der Waals surface area contributed by atoms with Crippen molar-refractivity contribution < 1.29 is 9.90 Å². The monoisotopic (exact) mass is 227 g/mol. The Hall–Kier alpha value is -1.60. The highest BCUT2D eigenvalue weighted by molar-refractivity contribution is 5.73. The highest BCUT2D eigenvalue weighted by atomic mass is 16.4. The maximum absolute atomic E-state index is 10.6. The van der Waals surface area contributed by atoms with Gasteiger partial charge in [-0.05, 0) is 18.9 Å². The van der Waals surface area contributed by atoms with Gasteiger partial charge in [0.05, 0.1) is 12.3 Å². The van der Waals surface area contributed by atoms with Gasteiger partial charge in [-0.2, -0.15) is 5.10 Å². The SMILES string of the molecule is NCC(CC[C@H](N)C(=O)O)N1N=CC=CN1. The molecule has 1 unspecified atom stereocenters. The molecule has 0 amide bonds. The van der Waals surface area contributed by atoms with Crippen LogP contribution in [0.2, 0.25) is 0 Å². The second kappa shape index (κ2) is 6.09. The molecule has 0 aromatic rings. The van der Waals surface area contributed by atoms with Gasteiger partial charge in [-0.15, -0.1) is 0 Å². The normalized spacial score (nSPS) is 18.0. The Labute approximate surface area is 93.7 Å². The lowest BCUT2D eigenvalue weighted by Crippen LogP contribution is -2.45. The minimum atomic E-state index is -0.995. The van der Waals surface area contributed by atoms with E-state index < -0.39 is 12.0 Å². The summed E-state index contributed by atoms with van der Waals surface area (Å²) in [6.45, 7) is 0.379. The summed E-state index contributed by atoms with van der Waals surface area (Å²) in [6, 6.07) is -0.912. The molecule has 16 heavy (non-hydrogen) atoms. The van der Waals surface area contributed by atoms with Crippen molar-refractivity contribution in [2.45, 2.75) is 24.9 Å². The van der Waals surface area contributed by atoms with Crippen molar-refractivity contribution in [2.24, 2.45) is 16.6 Å². The fraction of sp³-hybridized carbons (Fsp3) is 0.556. The zero-order valence-electron chi connectivity index (χ0n) is 8.91. The first-order valence-corrected chi connectivity index (χ1v) is 5.08. The standard InChI is InChI=1S/C9H17N5O2/c10-6-7(2-3-8(11)9(15)16)14-12-4-1-5-13-14/h1,4-5,7-8,12H,2-3,6,10-11H2,(H,15,16)/t7?,8-/m0/s1. The number of carboxylic acids is 1. The molecule has 1 heterocycles. The van der Waals surface area contributed by atoms with E-state index in [0.717, 1.165) is 0 Å². The number of hydrazine groups is 1. The number of carboxylic acid groups (broad SMARTS) is 1. The van der Waals surface area contributed by atoms with Gasteiger partial charge in [0.15, 0.2) is 0 Å². The van der Waals surface area contributed by atoms with E-state index in [4.69, 9.17) is 16.6 Å². The lowest BCUT2D eigenvalue weighted by Gasteiger charge is -2.29. The van der Waals surface area contributed by atoms with E-state index in [2.05, 4.69) is 10.5 Å². The Morgan fingerprint density at radius 2 is 2.31 bits per heavy atom. The van der Waals surface area contributed by atoms with Crippen molar-refractivity contribution in [2.75, 3.05) is 6.54 Å². The van der Waals surface area contributed by atoms with Crippen LogP contribution in [0.3, 0.4) is 0 Å². The Balaban J connectivity index is 2.40. The number of rotatable bonds is 6. The molecule has 90 valence electrons. The largest absolute Gasteiger partial charge is 0.480 e. The first-order chi connectivity index (χ1) is 7.65. The van der Waals surface area contributed by atoms with Gasteiger partial charge in [0.2, 0.25) is 0 Å². The number of nitrogens with one attached hydrogen (secondary N) is 1. The molecule has 0 radical (unpaired) electrons. The molecule has 0 aromatic heterocycles. The maximum Gasteiger partial charge on any atom is 0.320 e. The summed E-state index contributed by atoms with van der Waals surface area (Å²) < 4.78 is 0. The number of nitrogens with zero attached hydrogens (tertiary/aromatic N) is 2. The van der Waals surface area contributed by atoms with Crippen molar-refractivity contribution in [3.8, 4) is 0 Å². The number of aliphatic carboxylic acids is 1. The van der Waals surface area contributed by atoms with Crippen LogP contribution in [0.4, 0.5) is 0 Å². The van der Waals surface area contributed by atoms with Crippen LogP contribution < -0.4 is 16.9 Å². The van der Waals surface area contributed by atoms with Crippen LogP contribution in [0.15, 0.2) is 17.4 Å². The van der Waals surface area contributed by atoms with Crippen molar-refractivity contribution in [3.05, 3.63) is 12.3 Å². The minimum absolute atomic E-state index is 0.0633. The van der Waals surface area contributed by atoms with Crippen molar-refractivity contribution in [3.63, 3.8) is 0 Å². The van der Waals surface area contributed by atoms with Crippen LogP contribution in [0.5, 0.6) is 0 Å². The molecule has 0 saturated carbocycles. The van der Waals surface area contributed by atoms with Gasteiger partial charge in [0.25, 0.3) is 0 Å². The quantitative estimate of drug-likeness (QED) is 0.454.